The molecule has 0 unspecified atom stereocenters. The number of allylic oxidation sites excluding steroid dienone is 2. The third kappa shape index (κ3) is 2.03. The first-order chi connectivity index (χ1) is 9.16. The first kappa shape index (κ1) is 12.0. The van der Waals surface area contributed by atoms with Crippen molar-refractivity contribution in [1.82, 2.24) is 0 Å². The molecule has 2 aliphatic rings. The van der Waals surface area contributed by atoms with Crippen molar-refractivity contribution >= 4 is 17.6 Å². The fourth-order valence-corrected chi connectivity index (χ4v) is 3.26. The van der Waals surface area contributed by atoms with Gasteiger partial charge in [0.05, 0.1) is 11.8 Å². The lowest BCUT2D eigenvalue weighted by Gasteiger charge is -2.23. The van der Waals surface area contributed by atoms with Crippen LogP contribution in [0.2, 0.25) is 0 Å². The maximum atomic E-state index is 12.3. The maximum absolute atomic E-state index is 12.3. The van der Waals surface area contributed by atoms with Gasteiger partial charge in [-0.2, -0.15) is 0 Å². The topological polar surface area (TPSA) is 66.4 Å². The van der Waals surface area contributed by atoms with Crippen LogP contribution < -0.4 is 5.32 Å². The number of aliphatic carboxylic acids is 1. The highest BCUT2D eigenvalue weighted by atomic mass is 16.4. The summed E-state index contributed by atoms with van der Waals surface area (Å²) in [6.07, 6.45) is 4.71. The highest BCUT2D eigenvalue weighted by molar-refractivity contribution is 5.96. The number of benzene rings is 1. The van der Waals surface area contributed by atoms with Crippen LogP contribution in [0.3, 0.4) is 0 Å². The predicted octanol–water partition coefficient (Wildman–Crippen LogP) is 2.15. The van der Waals surface area contributed by atoms with Crippen molar-refractivity contribution < 1.29 is 14.7 Å². The molecule has 4 nitrogen and oxygen atoms in total. The molecule has 1 saturated carbocycles. The normalized spacial score (nSPS) is 31.4. The lowest BCUT2D eigenvalue weighted by Crippen LogP contribution is -2.36. The molecule has 2 N–H and O–H groups in total. The van der Waals surface area contributed by atoms with Gasteiger partial charge in [-0.05, 0) is 30.4 Å². The Balaban J connectivity index is 1.79. The number of fused-ring (bicyclic) bond motifs is 2. The molecule has 4 atom stereocenters. The molecule has 0 spiro atoms. The van der Waals surface area contributed by atoms with Crippen molar-refractivity contribution in [2.75, 3.05) is 5.32 Å². The molecular formula is C15H15NO3. The van der Waals surface area contributed by atoms with Gasteiger partial charge in [-0.1, -0.05) is 30.4 Å². The molecule has 1 aromatic rings. The third-order valence-electron chi connectivity index (χ3n) is 4.09. The molecule has 2 bridgehead atoms. The number of hydrogen-bond donors (Lipinski definition) is 2. The smallest absolute Gasteiger partial charge is 0.307 e. The Bertz CT molecular complexity index is 538. The SMILES string of the molecule is O=C(O)[C@@H]1[C@H](C(=O)Nc2ccccc2)[C@H]2C=C[C@@H]1C2. The monoisotopic (exact) mass is 257 g/mol. The first-order valence-electron chi connectivity index (χ1n) is 6.44. The van der Waals surface area contributed by atoms with Gasteiger partial charge in [-0.3, -0.25) is 9.59 Å². The third-order valence-corrected chi connectivity index (χ3v) is 4.09. The van der Waals surface area contributed by atoms with E-state index in [0.29, 0.717) is 5.69 Å². The zero-order chi connectivity index (χ0) is 13.4. The summed E-state index contributed by atoms with van der Waals surface area (Å²) in [5.41, 5.74) is 0.711. The van der Waals surface area contributed by atoms with Gasteiger partial charge in [-0.25, -0.2) is 0 Å². The minimum absolute atomic E-state index is 0.00835. The number of rotatable bonds is 3. The van der Waals surface area contributed by atoms with Crippen molar-refractivity contribution in [2.45, 2.75) is 6.42 Å². The summed E-state index contributed by atoms with van der Waals surface area (Å²) in [5, 5.41) is 12.1. The Labute approximate surface area is 111 Å². The second kappa shape index (κ2) is 4.53. The van der Waals surface area contributed by atoms with Gasteiger partial charge >= 0.3 is 5.97 Å². The Morgan fingerprint density at radius 3 is 2.32 bits per heavy atom. The average Bonchev–Trinajstić information content (AvgIpc) is 2.99. The minimum Gasteiger partial charge on any atom is -0.481 e. The Hall–Kier alpha value is -2.10. The molecule has 0 saturated heterocycles. The average molecular weight is 257 g/mol. The molecule has 3 rings (SSSR count). The molecule has 2 aliphatic carbocycles. The van der Waals surface area contributed by atoms with E-state index in [1.54, 1.807) is 12.1 Å². The van der Waals surface area contributed by atoms with E-state index in [1.807, 2.05) is 30.4 Å². The molecule has 1 amide bonds. The fraction of sp³-hybridized carbons (Fsp3) is 0.333. The van der Waals surface area contributed by atoms with Gasteiger partial charge in [0.2, 0.25) is 5.91 Å². The second-order valence-corrected chi connectivity index (χ2v) is 5.19. The van der Waals surface area contributed by atoms with E-state index in [1.165, 1.54) is 0 Å². The number of carbonyl (C=O) groups excluding carboxylic acids is 1. The molecule has 0 aromatic heterocycles. The largest absolute Gasteiger partial charge is 0.481 e. The number of carbonyl (C=O) groups is 2. The van der Waals surface area contributed by atoms with Crippen LogP contribution in [-0.4, -0.2) is 17.0 Å². The van der Waals surface area contributed by atoms with Crippen LogP contribution in [0.4, 0.5) is 5.69 Å². The zero-order valence-electron chi connectivity index (χ0n) is 10.3. The number of anilines is 1. The molecule has 0 aliphatic heterocycles. The van der Waals surface area contributed by atoms with E-state index in [9.17, 15) is 14.7 Å². The summed E-state index contributed by atoms with van der Waals surface area (Å²) >= 11 is 0. The van der Waals surface area contributed by atoms with Gasteiger partial charge in [0.1, 0.15) is 0 Å². The Morgan fingerprint density at radius 1 is 1.05 bits per heavy atom. The molecule has 0 radical (unpaired) electrons. The highest BCUT2D eigenvalue weighted by Crippen LogP contribution is 2.48. The van der Waals surface area contributed by atoms with E-state index in [0.717, 1.165) is 6.42 Å². The van der Waals surface area contributed by atoms with E-state index in [-0.39, 0.29) is 17.7 Å². The summed E-state index contributed by atoms with van der Waals surface area (Å²) in [6, 6.07) is 9.15. The number of para-hydroxylation sites is 1. The van der Waals surface area contributed by atoms with E-state index >= 15 is 0 Å². The number of nitrogens with one attached hydrogen (secondary N) is 1. The molecule has 19 heavy (non-hydrogen) atoms. The van der Waals surface area contributed by atoms with Crippen LogP contribution in [0.5, 0.6) is 0 Å². The summed E-state index contributed by atoms with van der Waals surface area (Å²) in [5.74, 6) is -2.02. The van der Waals surface area contributed by atoms with Crippen LogP contribution in [0, 0.1) is 23.7 Å². The Kier molecular flexibility index (Phi) is 2.85. The maximum Gasteiger partial charge on any atom is 0.307 e. The number of amides is 1. The number of carboxylic acids is 1. The lowest BCUT2D eigenvalue weighted by atomic mass is 9.82. The van der Waals surface area contributed by atoms with Crippen LogP contribution in [0.25, 0.3) is 0 Å². The molecule has 1 aromatic carbocycles. The fourth-order valence-electron chi connectivity index (χ4n) is 3.26. The van der Waals surface area contributed by atoms with Crippen molar-refractivity contribution in [3.05, 3.63) is 42.5 Å². The minimum atomic E-state index is -0.870. The van der Waals surface area contributed by atoms with Gasteiger partial charge in [0, 0.05) is 5.69 Å². The van der Waals surface area contributed by atoms with E-state index < -0.39 is 17.8 Å². The second-order valence-electron chi connectivity index (χ2n) is 5.19. The number of hydrogen-bond acceptors (Lipinski definition) is 2. The van der Waals surface area contributed by atoms with Crippen LogP contribution in [0.15, 0.2) is 42.5 Å². The van der Waals surface area contributed by atoms with Gasteiger partial charge in [0.25, 0.3) is 0 Å². The highest BCUT2D eigenvalue weighted by Gasteiger charge is 2.51. The summed E-state index contributed by atoms with van der Waals surface area (Å²) in [4.78, 5) is 23.7. The van der Waals surface area contributed by atoms with Crippen molar-refractivity contribution in [1.29, 1.82) is 0 Å². The molecule has 98 valence electrons. The van der Waals surface area contributed by atoms with Gasteiger partial charge in [-0.15, -0.1) is 0 Å². The quantitative estimate of drug-likeness (QED) is 0.815. The van der Waals surface area contributed by atoms with Crippen molar-refractivity contribution in [3.8, 4) is 0 Å². The summed E-state index contributed by atoms with van der Waals surface area (Å²) < 4.78 is 0. The molecule has 1 fully saturated rings. The van der Waals surface area contributed by atoms with E-state index in [4.69, 9.17) is 0 Å². The standard InChI is InChI=1S/C15H15NO3/c17-14(16-11-4-2-1-3-5-11)12-9-6-7-10(8-9)13(12)15(18)19/h1-7,9-10,12-13H,8H2,(H,16,17)(H,18,19)/t9-,10+,12+,13-/m0/s1. The lowest BCUT2D eigenvalue weighted by molar-refractivity contribution is -0.146. The van der Waals surface area contributed by atoms with Gasteiger partial charge < -0.3 is 10.4 Å². The van der Waals surface area contributed by atoms with Gasteiger partial charge in [0.15, 0.2) is 0 Å². The summed E-state index contributed by atoms with van der Waals surface area (Å²) in [7, 11) is 0. The van der Waals surface area contributed by atoms with E-state index in [2.05, 4.69) is 5.32 Å². The zero-order valence-corrected chi connectivity index (χ0v) is 10.3. The molecule has 4 heteroatoms. The van der Waals surface area contributed by atoms with Crippen molar-refractivity contribution in [3.63, 3.8) is 0 Å². The molecule has 0 heterocycles. The van der Waals surface area contributed by atoms with Crippen LogP contribution in [-0.2, 0) is 9.59 Å². The Morgan fingerprint density at radius 2 is 1.68 bits per heavy atom. The number of carboxylic acid groups (broad SMARTS) is 1. The predicted molar refractivity (Wildman–Crippen MR) is 70.4 cm³/mol. The van der Waals surface area contributed by atoms with Crippen LogP contribution in [0.1, 0.15) is 6.42 Å². The first-order valence-corrected chi connectivity index (χ1v) is 6.44. The summed E-state index contributed by atoms with van der Waals surface area (Å²) in [6.45, 7) is 0. The molecular weight excluding hydrogens is 242 g/mol. The van der Waals surface area contributed by atoms with Crippen molar-refractivity contribution in [2.24, 2.45) is 23.7 Å². The van der Waals surface area contributed by atoms with Crippen LogP contribution >= 0.6 is 0 Å².